The number of halogens is 1. The zero-order valence-corrected chi connectivity index (χ0v) is 21.4. The lowest BCUT2D eigenvalue weighted by Crippen LogP contribution is -3.00. The lowest BCUT2D eigenvalue weighted by molar-refractivity contribution is -0.144. The SMILES string of the molecule is CCOC(=O)CCC(=O)C(CSC1CC(=O)N(CC)C1=O)NC(=O)CCC(N)C(=O)OC.[Br-]. The zero-order chi connectivity index (χ0) is 24.3. The molecule has 13 heteroatoms. The number of carbonyl (C=O) groups excluding carboxylic acids is 6. The number of ketones is 1. The first kappa shape index (κ1) is 31.0. The Morgan fingerprint density at radius 2 is 1.85 bits per heavy atom. The van der Waals surface area contributed by atoms with E-state index < -0.39 is 41.0 Å². The summed E-state index contributed by atoms with van der Waals surface area (Å²) in [6, 6.07) is -1.95. The van der Waals surface area contributed by atoms with Crippen molar-refractivity contribution in [1.29, 1.82) is 0 Å². The van der Waals surface area contributed by atoms with Gasteiger partial charge in [0.05, 0.1) is 31.4 Å². The van der Waals surface area contributed by atoms with Crippen LogP contribution in [0.1, 0.15) is 46.0 Å². The lowest BCUT2D eigenvalue weighted by Gasteiger charge is -2.19. The molecule has 3 amide bonds. The molecule has 0 spiro atoms. The van der Waals surface area contributed by atoms with Crippen molar-refractivity contribution in [1.82, 2.24) is 10.2 Å². The average molecular weight is 553 g/mol. The van der Waals surface area contributed by atoms with E-state index in [9.17, 15) is 28.8 Å². The van der Waals surface area contributed by atoms with Crippen molar-refractivity contribution < 1.29 is 55.2 Å². The van der Waals surface area contributed by atoms with Gasteiger partial charge in [0.25, 0.3) is 0 Å². The highest BCUT2D eigenvalue weighted by molar-refractivity contribution is 8.00. The normalized spacial score (nSPS) is 17.1. The van der Waals surface area contributed by atoms with Gasteiger partial charge in [-0.05, 0) is 20.3 Å². The summed E-state index contributed by atoms with van der Waals surface area (Å²) in [5, 5.41) is 1.95. The highest BCUT2D eigenvalue weighted by Crippen LogP contribution is 2.26. The number of likely N-dealkylation sites (tertiary alicyclic amines) is 1. The molecule has 1 fully saturated rings. The van der Waals surface area contributed by atoms with Gasteiger partial charge in [-0.2, -0.15) is 0 Å². The fraction of sp³-hybridized carbons (Fsp3) is 0.700. The van der Waals surface area contributed by atoms with Crippen molar-refractivity contribution in [3.63, 3.8) is 0 Å². The highest BCUT2D eigenvalue weighted by atomic mass is 79.9. The molecule has 0 bridgehead atoms. The molecular weight excluding hydrogens is 522 g/mol. The Bertz CT molecular complexity index is 736. The molecular formula is C20H31BrN3O8S-. The molecule has 1 aliphatic heterocycles. The van der Waals surface area contributed by atoms with Gasteiger partial charge in [-0.1, -0.05) is 0 Å². The average Bonchev–Trinajstić information content (AvgIpc) is 3.04. The number of Topliss-reactive ketones (excluding diaryl/α,β-unsaturated/α-hetero) is 1. The molecule has 3 atom stereocenters. The highest BCUT2D eigenvalue weighted by Gasteiger charge is 2.38. The maximum absolute atomic E-state index is 12.7. The number of methoxy groups -OCH3 is 1. The van der Waals surface area contributed by atoms with Crippen LogP contribution in [0.15, 0.2) is 0 Å². The monoisotopic (exact) mass is 552 g/mol. The number of thioether (sulfide) groups is 1. The van der Waals surface area contributed by atoms with Gasteiger partial charge in [-0.25, -0.2) is 0 Å². The Morgan fingerprint density at radius 3 is 2.39 bits per heavy atom. The Labute approximate surface area is 207 Å². The number of carbonyl (C=O) groups is 6. The fourth-order valence-electron chi connectivity index (χ4n) is 3.00. The topological polar surface area (TPSA) is 162 Å². The number of rotatable bonds is 14. The predicted molar refractivity (Wildman–Crippen MR) is 115 cm³/mol. The maximum atomic E-state index is 12.7. The molecule has 1 heterocycles. The van der Waals surface area contributed by atoms with Gasteiger partial charge in [-0.3, -0.25) is 33.7 Å². The molecule has 0 aromatic rings. The first-order chi connectivity index (χ1) is 15.1. The molecule has 1 rings (SSSR count). The van der Waals surface area contributed by atoms with Crippen LogP contribution in [0, 0.1) is 0 Å². The third-order valence-corrected chi connectivity index (χ3v) is 6.07. The van der Waals surface area contributed by atoms with Crippen molar-refractivity contribution in [2.75, 3.05) is 26.0 Å². The number of ether oxygens (including phenoxy) is 2. The van der Waals surface area contributed by atoms with Crippen molar-refractivity contribution >= 4 is 47.2 Å². The first-order valence-corrected chi connectivity index (χ1v) is 11.5. The number of hydrogen-bond donors (Lipinski definition) is 2. The molecule has 33 heavy (non-hydrogen) atoms. The second kappa shape index (κ2) is 15.8. The standard InChI is InChI=1S/C20H31N3O8S.BrH/c1-4-23-17(26)10-15(19(23)28)32-11-13(14(24)7-9-18(27)31-5-2)22-16(25)8-6-12(21)20(29)30-3;/h12-13,15H,4-11,21H2,1-3H3,(H,22,25);1H/p-1. The molecule has 188 valence electrons. The summed E-state index contributed by atoms with van der Waals surface area (Å²) in [6.07, 6.45) is -0.349. The van der Waals surface area contributed by atoms with Gasteiger partial charge in [0.2, 0.25) is 17.7 Å². The second-order valence-corrected chi connectivity index (χ2v) is 8.30. The van der Waals surface area contributed by atoms with Crippen LogP contribution in [0.3, 0.4) is 0 Å². The Hall–Kier alpha value is -1.99. The van der Waals surface area contributed by atoms with Crippen LogP contribution in [-0.4, -0.2) is 83.7 Å². The molecule has 0 aliphatic carbocycles. The molecule has 11 nitrogen and oxygen atoms in total. The van der Waals surface area contributed by atoms with E-state index in [1.54, 1.807) is 13.8 Å². The van der Waals surface area contributed by atoms with Crippen LogP contribution < -0.4 is 28.0 Å². The maximum Gasteiger partial charge on any atom is 0.322 e. The van der Waals surface area contributed by atoms with E-state index in [2.05, 4.69) is 10.1 Å². The number of nitrogens with one attached hydrogen (secondary N) is 1. The Balaban J connectivity index is 0.0000102. The van der Waals surface area contributed by atoms with E-state index in [1.165, 1.54) is 7.11 Å². The van der Waals surface area contributed by atoms with Crippen LogP contribution >= 0.6 is 11.8 Å². The van der Waals surface area contributed by atoms with Gasteiger partial charge >= 0.3 is 11.9 Å². The third-order valence-electron chi connectivity index (χ3n) is 4.77. The van der Waals surface area contributed by atoms with Crippen LogP contribution in [0.25, 0.3) is 0 Å². The van der Waals surface area contributed by atoms with Gasteiger partial charge in [0.1, 0.15) is 6.04 Å². The van der Waals surface area contributed by atoms with Crippen molar-refractivity contribution in [2.45, 2.75) is 63.3 Å². The molecule has 0 aromatic carbocycles. The van der Waals surface area contributed by atoms with Gasteiger partial charge < -0.3 is 37.5 Å². The van der Waals surface area contributed by atoms with Crippen LogP contribution in [0.2, 0.25) is 0 Å². The van der Waals surface area contributed by atoms with E-state index in [-0.39, 0.29) is 79.8 Å². The van der Waals surface area contributed by atoms with Crippen molar-refractivity contribution in [3.05, 3.63) is 0 Å². The minimum absolute atomic E-state index is 0. The van der Waals surface area contributed by atoms with Gasteiger partial charge in [-0.15, -0.1) is 11.8 Å². The number of amides is 3. The van der Waals surface area contributed by atoms with Crippen LogP contribution in [0.4, 0.5) is 0 Å². The number of imide groups is 1. The van der Waals surface area contributed by atoms with Gasteiger partial charge in [0.15, 0.2) is 5.78 Å². The van der Waals surface area contributed by atoms with E-state index in [4.69, 9.17) is 10.5 Å². The van der Waals surface area contributed by atoms with E-state index in [0.29, 0.717) is 0 Å². The second-order valence-electron chi connectivity index (χ2n) is 7.06. The zero-order valence-electron chi connectivity index (χ0n) is 19.0. The molecule has 0 saturated carbocycles. The number of nitrogens with zero attached hydrogens (tertiary/aromatic N) is 1. The molecule has 1 saturated heterocycles. The summed E-state index contributed by atoms with van der Waals surface area (Å²) in [5.41, 5.74) is 5.62. The predicted octanol–water partition coefficient (Wildman–Crippen LogP) is -3.45. The molecule has 0 aromatic heterocycles. The largest absolute Gasteiger partial charge is 1.00 e. The summed E-state index contributed by atoms with van der Waals surface area (Å²) >= 11 is 1.11. The minimum Gasteiger partial charge on any atom is -1.00 e. The van der Waals surface area contributed by atoms with Crippen molar-refractivity contribution in [3.8, 4) is 0 Å². The van der Waals surface area contributed by atoms with Crippen molar-refractivity contribution in [2.24, 2.45) is 5.73 Å². The molecule has 0 radical (unpaired) electrons. The Morgan fingerprint density at radius 1 is 1.18 bits per heavy atom. The summed E-state index contributed by atoms with van der Waals surface area (Å²) < 4.78 is 9.32. The van der Waals surface area contributed by atoms with E-state index >= 15 is 0 Å². The van der Waals surface area contributed by atoms with Gasteiger partial charge in [0, 0.05) is 31.6 Å². The minimum atomic E-state index is -0.977. The molecule has 3 unspecified atom stereocenters. The van der Waals surface area contributed by atoms with E-state index in [0.717, 1.165) is 16.7 Å². The number of hydrogen-bond acceptors (Lipinski definition) is 10. The van der Waals surface area contributed by atoms with Crippen LogP contribution in [-0.2, 0) is 38.2 Å². The molecule has 3 N–H and O–H groups in total. The quantitative estimate of drug-likeness (QED) is 0.163. The summed E-state index contributed by atoms with van der Waals surface area (Å²) in [4.78, 5) is 73.3. The number of esters is 2. The lowest BCUT2D eigenvalue weighted by atomic mass is 10.1. The Kier molecular flexibility index (Phi) is 14.8. The smallest absolute Gasteiger partial charge is 0.322 e. The first-order valence-electron chi connectivity index (χ1n) is 10.4. The summed E-state index contributed by atoms with van der Waals surface area (Å²) in [6.45, 7) is 3.81. The fourth-order valence-corrected chi connectivity index (χ4v) is 4.22. The van der Waals surface area contributed by atoms with E-state index in [1.807, 2.05) is 0 Å². The van der Waals surface area contributed by atoms with Crippen LogP contribution in [0.5, 0.6) is 0 Å². The number of nitrogens with two attached hydrogens (primary N) is 1. The molecule has 1 aliphatic rings. The third kappa shape index (κ3) is 10.2. The summed E-state index contributed by atoms with van der Waals surface area (Å²) in [7, 11) is 1.19. The summed E-state index contributed by atoms with van der Waals surface area (Å²) in [5.74, 6) is -2.64.